The Morgan fingerprint density at radius 1 is 0.979 bits per heavy atom. The maximum atomic E-state index is 16.9. The summed E-state index contributed by atoms with van der Waals surface area (Å²) in [7, 11) is 0. The molecule has 6 heterocycles. The fourth-order valence-corrected chi connectivity index (χ4v) is 8.98. The minimum Gasteiger partial charge on any atom is -0.508 e. The highest BCUT2D eigenvalue weighted by atomic mass is 19.1. The number of halogens is 2. The first-order chi connectivity index (χ1) is 22.9. The summed E-state index contributed by atoms with van der Waals surface area (Å²) in [5, 5.41) is 15.6. The Hall–Kier alpha value is -3.64. The minimum absolute atomic E-state index is 0.0722. The van der Waals surface area contributed by atoms with Gasteiger partial charge in [0.05, 0.1) is 23.8 Å². The third-order valence-corrected chi connectivity index (χ3v) is 11.1. The summed E-state index contributed by atoms with van der Waals surface area (Å²) in [5.41, 5.74) is 0.107. The van der Waals surface area contributed by atoms with Crippen LogP contribution in [0, 0.1) is 11.6 Å². The summed E-state index contributed by atoms with van der Waals surface area (Å²) < 4.78 is 51.2. The molecule has 47 heavy (non-hydrogen) atoms. The van der Waals surface area contributed by atoms with Crippen molar-refractivity contribution in [2.75, 3.05) is 57.5 Å². The van der Waals surface area contributed by atoms with Gasteiger partial charge in [0.2, 0.25) is 0 Å². The Morgan fingerprint density at radius 3 is 2.85 bits per heavy atom. The fraction of sp³-hybridized carbons (Fsp3) is 0.500. The lowest BCUT2D eigenvalue weighted by molar-refractivity contribution is 0.0239. The first kappa shape index (κ1) is 29.5. The normalized spacial score (nSPS) is 29.6. The molecule has 4 aromatic rings. The third-order valence-electron chi connectivity index (χ3n) is 11.1. The van der Waals surface area contributed by atoms with E-state index < -0.39 is 11.6 Å². The molecule has 0 radical (unpaired) electrons. The highest BCUT2D eigenvalue weighted by Crippen LogP contribution is 2.43. The Balaban J connectivity index is 1.19. The number of benzene rings is 3. The molecule has 9 nitrogen and oxygen atoms in total. The zero-order chi connectivity index (χ0) is 31.8. The molecule has 0 aliphatic carbocycles. The van der Waals surface area contributed by atoms with Crippen molar-refractivity contribution >= 4 is 27.5 Å². The van der Waals surface area contributed by atoms with Crippen LogP contribution in [0.25, 0.3) is 32.8 Å². The largest absolute Gasteiger partial charge is 0.508 e. The van der Waals surface area contributed by atoms with Gasteiger partial charge in [-0.05, 0) is 80.3 Å². The van der Waals surface area contributed by atoms with E-state index in [9.17, 15) is 5.11 Å². The Labute approximate surface area is 271 Å². The highest BCUT2D eigenvalue weighted by molar-refractivity contribution is 6.01. The van der Waals surface area contributed by atoms with Crippen molar-refractivity contribution in [3.05, 3.63) is 54.1 Å². The van der Waals surface area contributed by atoms with Crippen LogP contribution in [0.15, 0.2) is 42.5 Å². The summed E-state index contributed by atoms with van der Waals surface area (Å²) in [6, 6.07) is 11.4. The number of piperazine rings is 1. The number of aromatic hydroxyl groups is 1. The molecule has 4 atom stereocenters. The van der Waals surface area contributed by atoms with Crippen LogP contribution in [-0.2, 0) is 9.47 Å². The van der Waals surface area contributed by atoms with Crippen LogP contribution in [0.2, 0.25) is 0 Å². The number of nitrogens with zero attached hydrogens (tertiary/aromatic N) is 4. The lowest BCUT2D eigenvalue weighted by Gasteiger charge is -2.42. The Kier molecular flexibility index (Phi) is 7.04. The quantitative estimate of drug-likeness (QED) is 0.292. The van der Waals surface area contributed by atoms with Crippen molar-refractivity contribution in [3.8, 4) is 22.9 Å². The van der Waals surface area contributed by atoms with E-state index in [1.54, 1.807) is 18.2 Å². The number of nitrogens with one attached hydrogen (secondary N) is 1. The monoisotopic (exact) mass is 643 g/mol. The first-order valence-electron chi connectivity index (χ1n) is 16.9. The molecule has 3 aromatic carbocycles. The predicted molar refractivity (Wildman–Crippen MR) is 174 cm³/mol. The topological polar surface area (TPSA) is 92.2 Å². The van der Waals surface area contributed by atoms with E-state index in [0.29, 0.717) is 56.1 Å². The number of hydrogen-bond donors (Lipinski definition) is 2. The van der Waals surface area contributed by atoms with Gasteiger partial charge < -0.3 is 29.5 Å². The number of phenols is 1. The highest BCUT2D eigenvalue weighted by Gasteiger charge is 2.50. The third kappa shape index (κ3) is 5.01. The second-order valence-electron chi connectivity index (χ2n) is 14.2. The molecular weight excluding hydrogens is 604 g/mol. The van der Waals surface area contributed by atoms with Crippen LogP contribution in [0.1, 0.15) is 38.5 Å². The summed E-state index contributed by atoms with van der Waals surface area (Å²) in [6.45, 7) is 5.48. The average Bonchev–Trinajstić information content (AvgIpc) is 3.70. The number of ether oxygens (including phenoxy) is 3. The van der Waals surface area contributed by atoms with E-state index >= 15 is 8.78 Å². The van der Waals surface area contributed by atoms with Crippen LogP contribution in [-0.4, -0.2) is 95.8 Å². The van der Waals surface area contributed by atoms with Crippen LogP contribution in [0.5, 0.6) is 11.8 Å². The molecule has 4 saturated heterocycles. The van der Waals surface area contributed by atoms with Crippen molar-refractivity contribution in [1.29, 1.82) is 0 Å². The fourth-order valence-electron chi connectivity index (χ4n) is 8.98. The molecule has 7 bridgehead atoms. The predicted octanol–water partition coefficient (Wildman–Crippen LogP) is 5.17. The van der Waals surface area contributed by atoms with E-state index in [4.69, 9.17) is 24.2 Å². The van der Waals surface area contributed by atoms with E-state index in [2.05, 4.69) is 15.1 Å². The van der Waals surface area contributed by atoms with E-state index in [0.717, 1.165) is 51.6 Å². The van der Waals surface area contributed by atoms with Crippen molar-refractivity contribution < 1.29 is 28.1 Å². The molecule has 2 N–H and O–H groups in total. The Bertz CT molecular complexity index is 1880. The first-order valence-corrected chi connectivity index (χ1v) is 16.9. The molecule has 246 valence electrons. The van der Waals surface area contributed by atoms with Gasteiger partial charge in [0, 0.05) is 55.2 Å². The molecule has 2 spiro atoms. The van der Waals surface area contributed by atoms with E-state index in [-0.39, 0.29) is 57.0 Å². The molecule has 0 saturated carbocycles. The molecular formula is C36H39F2N5O4. The van der Waals surface area contributed by atoms with Gasteiger partial charge in [-0.2, -0.15) is 9.97 Å². The second kappa shape index (κ2) is 11.2. The number of aromatic nitrogens is 2. The number of anilines is 1. The number of fused-ring (bicyclic) bond motifs is 9. The van der Waals surface area contributed by atoms with Gasteiger partial charge in [-0.3, -0.25) is 4.90 Å². The van der Waals surface area contributed by atoms with E-state index in [1.165, 1.54) is 18.2 Å². The molecule has 5 aliphatic heterocycles. The lowest BCUT2D eigenvalue weighted by Crippen LogP contribution is -2.62. The van der Waals surface area contributed by atoms with E-state index in [1.807, 2.05) is 6.07 Å². The summed E-state index contributed by atoms with van der Waals surface area (Å²) >= 11 is 0. The van der Waals surface area contributed by atoms with Crippen LogP contribution < -0.4 is 15.0 Å². The van der Waals surface area contributed by atoms with Crippen LogP contribution in [0.3, 0.4) is 0 Å². The standard InChI is InChI=1S/C36H39F2N5O4/c37-29-5-1-4-22-14-24(44)15-28(30(22)29)26-6-7-27-32(31(26)38)39-34-40-33(27)42-17-23-8-10-35(19-42,41-23)20-45-12-3-13-46-25-16-36(21-47-34)9-2-11-43(36)18-25/h1,4-7,14-15,23,25,41,44H,2-3,8-13,16-21H2/t23-,25+,35+,36+/m0/s1. The van der Waals surface area contributed by atoms with Crippen molar-refractivity contribution in [3.63, 3.8) is 0 Å². The lowest BCUT2D eigenvalue weighted by atomic mass is 9.94. The van der Waals surface area contributed by atoms with Gasteiger partial charge >= 0.3 is 6.01 Å². The summed E-state index contributed by atoms with van der Waals surface area (Å²) in [4.78, 5) is 14.4. The zero-order valence-electron chi connectivity index (χ0n) is 26.3. The second-order valence-corrected chi connectivity index (χ2v) is 14.2. The maximum Gasteiger partial charge on any atom is 0.319 e. The van der Waals surface area contributed by atoms with Gasteiger partial charge in [-0.1, -0.05) is 18.2 Å². The van der Waals surface area contributed by atoms with Gasteiger partial charge in [0.25, 0.3) is 0 Å². The SMILES string of the molecule is Oc1cc(-c2ccc3c4nc(nc3c2F)OC[C@]23CCCN2C[C@@H](C3)OCCCOC[C@@]23CC[C@@H](CN4C2)N3)c2c(F)cccc2c1. The summed E-state index contributed by atoms with van der Waals surface area (Å²) in [6.07, 6.45) is 5.92. The molecule has 5 aliphatic rings. The molecule has 1 aromatic heterocycles. The molecule has 9 rings (SSSR count). The zero-order valence-corrected chi connectivity index (χ0v) is 26.3. The molecule has 11 heteroatoms. The van der Waals surface area contributed by atoms with Gasteiger partial charge in [0.1, 0.15) is 29.5 Å². The number of hydrogen-bond acceptors (Lipinski definition) is 9. The molecule has 0 unspecified atom stereocenters. The average molecular weight is 644 g/mol. The minimum atomic E-state index is -0.608. The molecule has 4 fully saturated rings. The number of rotatable bonds is 1. The van der Waals surface area contributed by atoms with Crippen molar-refractivity contribution in [2.24, 2.45) is 0 Å². The summed E-state index contributed by atoms with van der Waals surface area (Å²) in [5.74, 6) is -0.547. The van der Waals surface area contributed by atoms with Crippen LogP contribution in [0.4, 0.5) is 14.6 Å². The maximum absolute atomic E-state index is 16.9. The van der Waals surface area contributed by atoms with Gasteiger partial charge in [-0.15, -0.1) is 0 Å². The van der Waals surface area contributed by atoms with Crippen LogP contribution >= 0.6 is 0 Å². The number of phenolic OH excluding ortho intramolecular Hbond substituents is 1. The van der Waals surface area contributed by atoms with Crippen molar-refractivity contribution in [1.82, 2.24) is 20.2 Å². The van der Waals surface area contributed by atoms with Gasteiger partial charge in [0.15, 0.2) is 5.82 Å². The van der Waals surface area contributed by atoms with Gasteiger partial charge in [-0.25, -0.2) is 8.78 Å². The van der Waals surface area contributed by atoms with Crippen molar-refractivity contribution in [2.45, 2.75) is 61.7 Å². The smallest absolute Gasteiger partial charge is 0.319 e. The Morgan fingerprint density at radius 2 is 1.91 bits per heavy atom. The molecule has 0 amide bonds.